The van der Waals surface area contributed by atoms with Gasteiger partial charge in [-0.05, 0) is 79.8 Å². The van der Waals surface area contributed by atoms with Crippen LogP contribution in [0.25, 0.3) is 27.6 Å². The molecule has 0 fully saturated rings. The predicted octanol–water partition coefficient (Wildman–Crippen LogP) is 6.45. The van der Waals surface area contributed by atoms with Crippen LogP contribution in [0.15, 0.2) is 48.7 Å². The van der Waals surface area contributed by atoms with Crippen LogP contribution < -0.4 is 4.90 Å². The number of carbonyl (C=O) groups is 1. The van der Waals surface area contributed by atoms with Crippen molar-refractivity contribution in [1.29, 1.82) is 0 Å². The number of rotatable bonds is 4. The fourth-order valence-corrected chi connectivity index (χ4v) is 6.09. The number of likely N-dealkylation sites (N-methyl/N-ethyl adjacent to an activating group) is 1. The van der Waals surface area contributed by atoms with E-state index in [0.29, 0.717) is 29.7 Å². The average molecular weight is 560 g/mol. The largest absolute Gasteiger partial charge is 0.435 e. The molecule has 2 aromatic carbocycles. The van der Waals surface area contributed by atoms with Crippen LogP contribution in [-0.2, 0) is 26.1 Å². The van der Waals surface area contributed by atoms with Gasteiger partial charge >= 0.3 is 6.18 Å². The highest BCUT2D eigenvalue weighted by molar-refractivity contribution is 6.13. The molecule has 0 aliphatic carbocycles. The van der Waals surface area contributed by atoms with Crippen molar-refractivity contribution in [3.8, 4) is 11.1 Å². The Morgan fingerprint density at radius 2 is 1.76 bits per heavy atom. The number of pyridine rings is 1. The summed E-state index contributed by atoms with van der Waals surface area (Å²) < 4.78 is 42.6. The number of fused-ring (bicyclic) bond motifs is 2. The number of amides is 1. The van der Waals surface area contributed by atoms with E-state index >= 15 is 0 Å². The molecular weight excluding hydrogens is 527 g/mol. The molecule has 9 heteroatoms. The van der Waals surface area contributed by atoms with E-state index in [2.05, 4.69) is 42.2 Å². The second-order valence-electron chi connectivity index (χ2n) is 11.0. The normalized spacial score (nSPS) is 16.3. The highest BCUT2D eigenvalue weighted by atomic mass is 19.4. The highest BCUT2D eigenvalue weighted by Crippen LogP contribution is 2.41. The number of aryl methyl sites for hydroxylation is 3. The van der Waals surface area contributed by atoms with Gasteiger partial charge in [-0.1, -0.05) is 25.1 Å². The topological polar surface area (TPSA) is 54.3 Å². The first-order valence-corrected chi connectivity index (χ1v) is 13.9. The van der Waals surface area contributed by atoms with Crippen molar-refractivity contribution in [1.82, 2.24) is 19.7 Å². The molecule has 0 saturated heterocycles. The van der Waals surface area contributed by atoms with Crippen molar-refractivity contribution >= 4 is 28.1 Å². The van der Waals surface area contributed by atoms with E-state index in [1.54, 1.807) is 23.1 Å². The Labute approximate surface area is 237 Å². The van der Waals surface area contributed by atoms with Gasteiger partial charge in [0.1, 0.15) is 0 Å². The molecule has 2 aliphatic rings. The smallest absolute Gasteiger partial charge is 0.307 e. The lowest BCUT2D eigenvalue weighted by molar-refractivity contribution is -0.140. The maximum absolute atomic E-state index is 14.1. The minimum absolute atomic E-state index is 0.00747. The third-order valence-corrected chi connectivity index (χ3v) is 8.16. The van der Waals surface area contributed by atoms with Crippen LogP contribution in [0, 0.1) is 6.92 Å². The lowest BCUT2D eigenvalue weighted by Gasteiger charge is -2.31. The first kappa shape index (κ1) is 27.2. The van der Waals surface area contributed by atoms with E-state index in [1.165, 1.54) is 29.1 Å². The second kappa shape index (κ2) is 10.1. The molecule has 0 atom stereocenters. The molecule has 41 heavy (non-hydrogen) atoms. The summed E-state index contributed by atoms with van der Waals surface area (Å²) in [7, 11) is 3.58. The SMILES string of the molecule is CCc1cc(C2=CCN(C)CC2)c2nc(C)cc(N3CCc4c(cccc4-c4cn(C)nc4C(F)(F)F)C3=O)c2c1. The lowest BCUT2D eigenvalue weighted by atomic mass is 9.89. The van der Waals surface area contributed by atoms with E-state index in [9.17, 15) is 18.0 Å². The molecule has 1 amide bonds. The standard InChI is InChI=1S/C32H32F3N5O/c1-5-20-16-25(21-9-12-38(3)13-10-21)29-26(17-20)28(15-19(2)36-29)40-14-11-23-22(7-6-8-24(23)31(40)41)27-18-39(4)37-30(27)32(33,34)35/h6-9,15-18H,5,10-14H2,1-4H3. The molecule has 0 saturated carbocycles. The van der Waals surface area contributed by atoms with Crippen LogP contribution in [-0.4, -0.2) is 52.3 Å². The summed E-state index contributed by atoms with van der Waals surface area (Å²) in [5.41, 5.74) is 6.51. The summed E-state index contributed by atoms with van der Waals surface area (Å²) in [5.74, 6) is -0.223. The van der Waals surface area contributed by atoms with Crippen molar-refractivity contribution in [2.45, 2.75) is 39.3 Å². The van der Waals surface area contributed by atoms with Crippen molar-refractivity contribution in [2.24, 2.45) is 7.05 Å². The van der Waals surface area contributed by atoms with Crippen molar-refractivity contribution < 1.29 is 18.0 Å². The van der Waals surface area contributed by atoms with Crippen LogP contribution in [0.4, 0.5) is 18.9 Å². The number of benzene rings is 2. The fraction of sp³-hybridized carbons (Fsp3) is 0.344. The molecule has 6 nitrogen and oxygen atoms in total. The van der Waals surface area contributed by atoms with Crippen LogP contribution >= 0.6 is 0 Å². The zero-order valence-corrected chi connectivity index (χ0v) is 23.6. The zero-order chi connectivity index (χ0) is 29.1. The average Bonchev–Trinajstić information content (AvgIpc) is 3.35. The summed E-state index contributed by atoms with van der Waals surface area (Å²) in [6, 6.07) is 11.3. The van der Waals surface area contributed by atoms with Gasteiger partial charge in [0, 0.05) is 60.6 Å². The van der Waals surface area contributed by atoms with Gasteiger partial charge in [-0.25, -0.2) is 0 Å². The van der Waals surface area contributed by atoms with Crippen LogP contribution in [0.3, 0.4) is 0 Å². The summed E-state index contributed by atoms with van der Waals surface area (Å²) >= 11 is 0. The predicted molar refractivity (Wildman–Crippen MR) is 155 cm³/mol. The quantitative estimate of drug-likeness (QED) is 0.289. The van der Waals surface area contributed by atoms with Crippen LogP contribution in [0.5, 0.6) is 0 Å². The van der Waals surface area contributed by atoms with Crippen molar-refractivity contribution in [3.63, 3.8) is 0 Å². The number of alkyl halides is 3. The first-order chi connectivity index (χ1) is 19.5. The van der Waals surface area contributed by atoms with Gasteiger partial charge < -0.3 is 9.80 Å². The van der Waals surface area contributed by atoms with Gasteiger partial charge in [-0.3, -0.25) is 14.5 Å². The monoisotopic (exact) mass is 559 g/mol. The van der Waals surface area contributed by atoms with Crippen molar-refractivity contribution in [2.75, 3.05) is 31.6 Å². The van der Waals surface area contributed by atoms with E-state index < -0.39 is 11.9 Å². The van der Waals surface area contributed by atoms with E-state index in [-0.39, 0.29) is 11.5 Å². The molecule has 0 unspecified atom stereocenters. The molecule has 6 rings (SSSR count). The van der Waals surface area contributed by atoms with E-state index in [0.717, 1.165) is 53.8 Å². The van der Waals surface area contributed by atoms with Crippen molar-refractivity contribution in [3.05, 3.63) is 82.3 Å². The number of anilines is 1. The molecule has 4 heterocycles. The third-order valence-electron chi connectivity index (χ3n) is 8.16. The molecular formula is C32H32F3N5O. The molecule has 0 N–H and O–H groups in total. The Morgan fingerprint density at radius 3 is 2.46 bits per heavy atom. The first-order valence-electron chi connectivity index (χ1n) is 13.9. The number of hydrogen-bond acceptors (Lipinski definition) is 4. The van der Waals surface area contributed by atoms with Gasteiger partial charge in [0.2, 0.25) is 0 Å². The Kier molecular flexibility index (Phi) is 6.72. The van der Waals surface area contributed by atoms with Gasteiger partial charge in [-0.15, -0.1) is 0 Å². The van der Waals surface area contributed by atoms with E-state index in [4.69, 9.17) is 4.98 Å². The minimum atomic E-state index is -4.60. The molecule has 2 aromatic heterocycles. The molecule has 212 valence electrons. The Bertz CT molecular complexity index is 1720. The van der Waals surface area contributed by atoms with Gasteiger partial charge in [-0.2, -0.15) is 18.3 Å². The second-order valence-corrected chi connectivity index (χ2v) is 11.0. The summed E-state index contributed by atoms with van der Waals surface area (Å²) in [4.78, 5) is 23.1. The maximum atomic E-state index is 14.1. The van der Waals surface area contributed by atoms with Crippen LogP contribution in [0.2, 0.25) is 0 Å². The lowest BCUT2D eigenvalue weighted by Crippen LogP contribution is -2.38. The number of nitrogens with zero attached hydrogens (tertiary/aromatic N) is 5. The number of aromatic nitrogens is 3. The number of halogens is 3. The third kappa shape index (κ3) is 4.82. The Hall–Kier alpha value is -3.98. The molecule has 4 aromatic rings. The number of hydrogen-bond donors (Lipinski definition) is 0. The summed E-state index contributed by atoms with van der Waals surface area (Å²) in [6.45, 7) is 6.25. The molecule has 2 aliphatic heterocycles. The van der Waals surface area contributed by atoms with Gasteiger partial charge in [0.15, 0.2) is 5.69 Å². The number of carbonyl (C=O) groups excluding carboxylic acids is 1. The molecule has 0 bridgehead atoms. The van der Waals surface area contributed by atoms with E-state index in [1.807, 2.05) is 13.0 Å². The fourth-order valence-electron chi connectivity index (χ4n) is 6.09. The Balaban J connectivity index is 1.47. The maximum Gasteiger partial charge on any atom is 0.435 e. The molecule has 0 spiro atoms. The molecule has 0 radical (unpaired) electrons. The van der Waals surface area contributed by atoms with Crippen LogP contribution in [0.1, 0.15) is 51.8 Å². The minimum Gasteiger partial charge on any atom is -0.307 e. The van der Waals surface area contributed by atoms with Gasteiger partial charge in [0.25, 0.3) is 5.91 Å². The van der Waals surface area contributed by atoms with Gasteiger partial charge in [0.05, 0.1) is 11.2 Å². The highest BCUT2D eigenvalue weighted by Gasteiger charge is 2.39. The summed E-state index contributed by atoms with van der Waals surface area (Å²) in [6.07, 6.45) is 1.23. The zero-order valence-electron chi connectivity index (χ0n) is 23.6. The summed E-state index contributed by atoms with van der Waals surface area (Å²) in [5, 5.41) is 4.60. The Morgan fingerprint density at radius 1 is 0.976 bits per heavy atom.